The van der Waals surface area contributed by atoms with E-state index in [-0.39, 0.29) is 19.8 Å². The van der Waals surface area contributed by atoms with Gasteiger partial charge in [0.15, 0.2) is 0 Å². The summed E-state index contributed by atoms with van der Waals surface area (Å²) < 4.78 is 12.2. The lowest BCUT2D eigenvalue weighted by molar-refractivity contribution is -0.140. The highest BCUT2D eigenvalue weighted by molar-refractivity contribution is 6.32. The molecule has 0 bridgehead atoms. The van der Waals surface area contributed by atoms with Crippen molar-refractivity contribution < 1.29 is 24.5 Å². The summed E-state index contributed by atoms with van der Waals surface area (Å²) in [6.45, 7) is 4.02. The van der Waals surface area contributed by atoms with Crippen LogP contribution in [0.4, 0.5) is 0 Å². The Morgan fingerprint density at radius 1 is 1.00 bits per heavy atom. The van der Waals surface area contributed by atoms with E-state index in [9.17, 15) is 20.3 Å². The molecule has 0 saturated heterocycles. The Balaban J connectivity index is 1.59. The van der Waals surface area contributed by atoms with Crippen molar-refractivity contribution in [3.63, 3.8) is 0 Å². The van der Waals surface area contributed by atoms with Crippen LogP contribution in [0.5, 0.6) is 11.5 Å². The number of halogens is 1. The summed E-state index contributed by atoms with van der Waals surface area (Å²) in [7, 11) is 0. The number of nitriles is 1. The van der Waals surface area contributed by atoms with E-state index in [1.807, 2.05) is 24.3 Å². The van der Waals surface area contributed by atoms with Crippen LogP contribution in [0.2, 0.25) is 5.02 Å². The Hall–Kier alpha value is -4.42. The van der Waals surface area contributed by atoms with Crippen LogP contribution in [0.1, 0.15) is 33.4 Å². The van der Waals surface area contributed by atoms with Crippen molar-refractivity contribution >= 4 is 17.6 Å². The zero-order chi connectivity index (χ0) is 29.4. The van der Waals surface area contributed by atoms with Gasteiger partial charge in [0.1, 0.15) is 36.8 Å². The van der Waals surface area contributed by atoms with Gasteiger partial charge < -0.3 is 19.7 Å². The van der Waals surface area contributed by atoms with Crippen LogP contribution in [0.3, 0.4) is 0 Å². The minimum Gasteiger partial charge on any atom is -0.488 e. The average molecular weight is 572 g/mol. The normalized spacial score (nSPS) is 11.5. The molecule has 0 aliphatic heterocycles. The molecular weight excluding hydrogens is 542 g/mol. The maximum absolute atomic E-state index is 11.4. The van der Waals surface area contributed by atoms with E-state index in [1.54, 1.807) is 24.4 Å². The second kappa shape index (κ2) is 13.8. The molecule has 3 aromatic carbocycles. The molecule has 4 aromatic rings. The van der Waals surface area contributed by atoms with Crippen molar-refractivity contribution in [3.05, 3.63) is 111 Å². The number of aliphatic hydroxyl groups excluding tert-OH is 1. The van der Waals surface area contributed by atoms with Crippen molar-refractivity contribution in [2.24, 2.45) is 0 Å². The number of nitrogens with zero attached hydrogens (tertiary/aromatic N) is 2. The van der Waals surface area contributed by atoms with E-state index in [1.165, 1.54) is 11.8 Å². The second-order valence-corrected chi connectivity index (χ2v) is 9.93. The van der Waals surface area contributed by atoms with Crippen LogP contribution < -0.4 is 14.8 Å². The van der Waals surface area contributed by atoms with Gasteiger partial charge in [0.05, 0.1) is 17.2 Å². The van der Waals surface area contributed by atoms with E-state index in [4.69, 9.17) is 21.1 Å². The number of nitrogens with one attached hydrogen (secondary N) is 1. The van der Waals surface area contributed by atoms with Crippen LogP contribution in [0.25, 0.3) is 11.1 Å². The third kappa shape index (κ3) is 7.41. The van der Waals surface area contributed by atoms with Gasteiger partial charge in [-0.1, -0.05) is 54.1 Å². The first-order chi connectivity index (χ1) is 19.8. The number of hydrogen-bond donors (Lipinski definition) is 3. The summed E-state index contributed by atoms with van der Waals surface area (Å²) >= 11 is 6.60. The Morgan fingerprint density at radius 3 is 2.49 bits per heavy atom. The highest BCUT2D eigenvalue weighted by Crippen LogP contribution is 2.35. The summed E-state index contributed by atoms with van der Waals surface area (Å²) in [5, 5.41) is 31.0. The van der Waals surface area contributed by atoms with E-state index in [2.05, 4.69) is 48.4 Å². The van der Waals surface area contributed by atoms with E-state index >= 15 is 0 Å². The monoisotopic (exact) mass is 571 g/mol. The molecule has 1 aromatic heterocycles. The molecule has 1 atom stereocenters. The second-order valence-electron chi connectivity index (χ2n) is 9.52. The van der Waals surface area contributed by atoms with Crippen LogP contribution >= 0.6 is 11.6 Å². The fraction of sp³-hybridized carbons (Fsp3) is 0.219. The van der Waals surface area contributed by atoms with E-state index < -0.39 is 18.6 Å². The molecule has 8 nitrogen and oxygen atoms in total. The molecule has 0 amide bonds. The SMILES string of the molecule is Cc1ccccc1-c1cccc(COc2cc(OCc3cncc(C#N)c3)c(CNC(CO)C(=O)O)cc2Cl)c1C. The smallest absolute Gasteiger partial charge is 0.323 e. The van der Waals surface area contributed by atoms with E-state index in [0.29, 0.717) is 33.2 Å². The number of aliphatic hydroxyl groups is 1. The number of carboxylic acids is 1. The molecule has 3 N–H and O–H groups in total. The van der Waals surface area contributed by atoms with Crippen LogP contribution in [-0.2, 0) is 24.6 Å². The van der Waals surface area contributed by atoms with Gasteiger partial charge in [-0.05, 0) is 53.8 Å². The van der Waals surface area contributed by atoms with Crippen molar-refractivity contribution in [2.45, 2.75) is 39.6 Å². The fourth-order valence-electron chi connectivity index (χ4n) is 4.37. The van der Waals surface area contributed by atoms with E-state index in [0.717, 1.165) is 22.3 Å². The third-order valence-electron chi connectivity index (χ3n) is 6.72. The summed E-state index contributed by atoms with van der Waals surface area (Å²) in [5.41, 5.74) is 7.24. The average Bonchev–Trinajstić information content (AvgIpc) is 2.97. The zero-order valence-electron chi connectivity index (χ0n) is 22.7. The van der Waals surface area contributed by atoms with Crippen molar-refractivity contribution in [2.75, 3.05) is 6.61 Å². The molecule has 1 unspecified atom stereocenters. The maximum Gasteiger partial charge on any atom is 0.323 e. The maximum atomic E-state index is 11.4. The first kappa shape index (κ1) is 29.6. The standard InChI is InChI=1S/C32H30ClN3O5/c1-20-6-3-4-8-26(20)27-9-5-7-24(21(27)2)19-41-31-12-30(40-18-23-10-22(13-34)14-35-15-23)25(11-28(31)33)16-36-29(17-37)32(38)39/h3-12,14-15,29,36-37H,16-19H2,1-2H3,(H,38,39). The number of benzene rings is 3. The predicted molar refractivity (Wildman–Crippen MR) is 156 cm³/mol. The van der Waals surface area contributed by atoms with Gasteiger partial charge in [-0.3, -0.25) is 15.1 Å². The van der Waals surface area contributed by atoms with Gasteiger partial charge in [0.25, 0.3) is 0 Å². The number of aryl methyl sites for hydroxylation is 1. The molecule has 0 fully saturated rings. The van der Waals surface area contributed by atoms with Gasteiger partial charge in [0, 0.05) is 36.1 Å². The largest absolute Gasteiger partial charge is 0.488 e. The molecule has 0 spiro atoms. The molecule has 9 heteroatoms. The lowest BCUT2D eigenvalue weighted by Gasteiger charge is -2.18. The summed E-state index contributed by atoms with van der Waals surface area (Å²) in [6, 6.07) is 20.2. The molecule has 4 rings (SSSR count). The topological polar surface area (TPSA) is 125 Å². The van der Waals surface area contributed by atoms with Gasteiger partial charge in [0.2, 0.25) is 0 Å². The summed E-state index contributed by atoms with van der Waals surface area (Å²) in [4.78, 5) is 15.4. The molecule has 210 valence electrons. The Bertz CT molecular complexity index is 1580. The third-order valence-corrected chi connectivity index (χ3v) is 7.01. The predicted octanol–water partition coefficient (Wildman–Crippen LogP) is 5.58. The Morgan fingerprint density at radius 2 is 1.76 bits per heavy atom. The summed E-state index contributed by atoms with van der Waals surface area (Å²) in [6.07, 6.45) is 3.06. The highest BCUT2D eigenvalue weighted by atomic mass is 35.5. The molecule has 0 saturated carbocycles. The molecule has 0 aliphatic rings. The number of carbonyl (C=O) groups is 1. The highest BCUT2D eigenvalue weighted by Gasteiger charge is 2.18. The molecule has 1 heterocycles. The number of pyridine rings is 1. The van der Waals surface area contributed by atoms with Crippen molar-refractivity contribution in [1.29, 1.82) is 5.26 Å². The van der Waals surface area contributed by atoms with Crippen LogP contribution in [0, 0.1) is 25.2 Å². The Kier molecular flexibility index (Phi) is 9.93. The van der Waals surface area contributed by atoms with Gasteiger partial charge in [-0.2, -0.15) is 5.26 Å². The minimum atomic E-state index is -1.18. The number of aliphatic carboxylic acids is 1. The number of aromatic nitrogens is 1. The van der Waals surface area contributed by atoms with Gasteiger partial charge >= 0.3 is 5.97 Å². The lowest BCUT2D eigenvalue weighted by Crippen LogP contribution is -2.39. The fourth-order valence-corrected chi connectivity index (χ4v) is 4.61. The first-order valence-corrected chi connectivity index (χ1v) is 13.3. The quantitative estimate of drug-likeness (QED) is 0.201. The van der Waals surface area contributed by atoms with Crippen molar-refractivity contribution in [3.8, 4) is 28.7 Å². The zero-order valence-corrected chi connectivity index (χ0v) is 23.5. The number of carboxylic acid groups (broad SMARTS) is 1. The number of ether oxygens (including phenoxy) is 2. The van der Waals surface area contributed by atoms with Gasteiger partial charge in [-0.25, -0.2) is 0 Å². The van der Waals surface area contributed by atoms with Crippen LogP contribution in [-0.4, -0.2) is 33.8 Å². The molecule has 41 heavy (non-hydrogen) atoms. The Labute approximate surface area is 243 Å². The van der Waals surface area contributed by atoms with Crippen molar-refractivity contribution in [1.82, 2.24) is 10.3 Å². The number of hydrogen-bond acceptors (Lipinski definition) is 7. The minimum absolute atomic E-state index is 0.0704. The first-order valence-electron chi connectivity index (χ1n) is 12.9. The lowest BCUT2D eigenvalue weighted by atomic mass is 9.94. The van der Waals surface area contributed by atoms with Crippen LogP contribution in [0.15, 0.2) is 73.1 Å². The van der Waals surface area contributed by atoms with Gasteiger partial charge in [-0.15, -0.1) is 0 Å². The number of rotatable bonds is 12. The molecular formula is C32H30ClN3O5. The summed E-state index contributed by atoms with van der Waals surface area (Å²) in [5.74, 6) is -0.373. The molecule has 0 radical (unpaired) electrons. The molecule has 0 aliphatic carbocycles.